The van der Waals surface area contributed by atoms with Gasteiger partial charge in [-0.1, -0.05) is 18.2 Å². The summed E-state index contributed by atoms with van der Waals surface area (Å²) in [4.78, 5) is 23.8. The van der Waals surface area contributed by atoms with Gasteiger partial charge in [0, 0.05) is 24.9 Å². The molecule has 1 saturated heterocycles. The molecule has 1 aliphatic rings. The first-order chi connectivity index (χ1) is 9.63. The first kappa shape index (κ1) is 14.1. The van der Waals surface area contributed by atoms with Crippen molar-refractivity contribution in [2.75, 3.05) is 25.6 Å². The van der Waals surface area contributed by atoms with Crippen LogP contribution < -0.4 is 5.32 Å². The molecule has 20 heavy (non-hydrogen) atoms. The van der Waals surface area contributed by atoms with Crippen LogP contribution in [0, 0.1) is 0 Å². The Hall–Kier alpha value is -2.34. The Morgan fingerprint density at radius 1 is 1.40 bits per heavy atom. The van der Waals surface area contributed by atoms with Gasteiger partial charge in [-0.2, -0.15) is 0 Å². The highest BCUT2D eigenvalue weighted by Gasteiger charge is 2.33. The van der Waals surface area contributed by atoms with Gasteiger partial charge in [-0.25, -0.2) is 9.69 Å². The third kappa shape index (κ3) is 2.97. The molecule has 106 valence electrons. The van der Waals surface area contributed by atoms with Crippen molar-refractivity contribution in [3.05, 3.63) is 41.6 Å². The van der Waals surface area contributed by atoms with E-state index in [1.54, 1.807) is 0 Å². The van der Waals surface area contributed by atoms with Gasteiger partial charge in [0.25, 0.3) is 5.91 Å². The molecule has 0 saturated carbocycles. The molecular weight excluding hydrogens is 260 g/mol. The minimum Gasteiger partial charge on any atom is -0.465 e. The van der Waals surface area contributed by atoms with Crippen LogP contribution in [0.3, 0.4) is 0 Å². The number of hydrogen-bond acceptors (Lipinski definition) is 4. The lowest BCUT2D eigenvalue weighted by Crippen LogP contribution is -2.31. The second-order valence-corrected chi connectivity index (χ2v) is 4.37. The summed E-state index contributed by atoms with van der Waals surface area (Å²) in [6.07, 6.45) is -0.828. The molecule has 0 aromatic heterocycles. The smallest absolute Gasteiger partial charge is 0.414 e. The van der Waals surface area contributed by atoms with Gasteiger partial charge in [0.15, 0.2) is 0 Å². The summed E-state index contributed by atoms with van der Waals surface area (Å²) < 4.78 is 5.09. The summed E-state index contributed by atoms with van der Waals surface area (Å²) in [5, 5.41) is 12.1. The fourth-order valence-corrected chi connectivity index (χ4v) is 2.10. The fraction of sp³-hybridized carbons (Fsp3) is 0.286. The number of imide groups is 1. The molecule has 0 atom stereocenters. The topological polar surface area (TPSA) is 78.9 Å². The third-order valence-electron chi connectivity index (χ3n) is 3.04. The summed E-state index contributed by atoms with van der Waals surface area (Å²) >= 11 is 0. The molecule has 6 heteroatoms. The number of nitrogens with one attached hydrogen (secondary N) is 1. The first-order valence-electron chi connectivity index (χ1n) is 6.21. The number of benzene rings is 1. The van der Waals surface area contributed by atoms with Crippen molar-refractivity contribution < 1.29 is 19.4 Å². The molecule has 2 N–H and O–H groups in total. The Bertz CT molecular complexity index is 539. The minimum atomic E-state index is -1.22. The van der Waals surface area contributed by atoms with E-state index in [-0.39, 0.29) is 13.2 Å². The summed E-state index contributed by atoms with van der Waals surface area (Å²) in [5.41, 5.74) is 1.89. The molecule has 2 amide bonds. The number of carbonyl (C=O) groups is 2. The minimum absolute atomic E-state index is 0.188. The lowest BCUT2D eigenvalue weighted by atomic mass is 10.1. The van der Waals surface area contributed by atoms with Crippen LogP contribution in [0.4, 0.5) is 10.5 Å². The van der Waals surface area contributed by atoms with E-state index in [4.69, 9.17) is 9.84 Å². The highest BCUT2D eigenvalue weighted by molar-refractivity contribution is 6.04. The standard InChI is InChI=1S/C14H16N2O4/c1-20-9-12(15-10-5-3-2-4-6-10)11-7-8-16(13(11)17)14(18)19/h2-6,15H,7-9H2,1H3,(H,18,19). The number of likely N-dealkylation sites (tertiary alicyclic amines) is 1. The van der Waals surface area contributed by atoms with Gasteiger partial charge in [-0.15, -0.1) is 0 Å². The monoisotopic (exact) mass is 276 g/mol. The van der Waals surface area contributed by atoms with Crippen LogP contribution >= 0.6 is 0 Å². The van der Waals surface area contributed by atoms with Crippen LogP contribution in [-0.2, 0) is 9.53 Å². The second kappa shape index (κ2) is 6.21. The summed E-state index contributed by atoms with van der Waals surface area (Å²) in [6, 6.07) is 9.37. The van der Waals surface area contributed by atoms with E-state index in [0.717, 1.165) is 10.6 Å². The molecule has 1 aromatic carbocycles. The van der Waals surface area contributed by atoms with Crippen LogP contribution in [0.15, 0.2) is 41.6 Å². The number of carboxylic acid groups (broad SMARTS) is 1. The molecule has 6 nitrogen and oxygen atoms in total. The third-order valence-corrected chi connectivity index (χ3v) is 3.04. The van der Waals surface area contributed by atoms with Crippen molar-refractivity contribution in [1.82, 2.24) is 4.90 Å². The maximum Gasteiger partial charge on any atom is 0.414 e. The molecule has 1 heterocycles. The predicted octanol–water partition coefficient (Wildman–Crippen LogP) is 1.91. The number of carbonyl (C=O) groups excluding carboxylic acids is 1. The lowest BCUT2D eigenvalue weighted by Gasteiger charge is -2.13. The van der Waals surface area contributed by atoms with Crippen LogP contribution in [0.1, 0.15) is 6.42 Å². The summed E-state index contributed by atoms with van der Waals surface area (Å²) in [6.45, 7) is 0.413. The Morgan fingerprint density at radius 2 is 2.10 bits per heavy atom. The van der Waals surface area contributed by atoms with Gasteiger partial charge in [-0.3, -0.25) is 4.79 Å². The van der Waals surface area contributed by atoms with E-state index in [1.165, 1.54) is 7.11 Å². The Balaban J connectivity index is 2.26. The maximum atomic E-state index is 12.0. The molecule has 0 bridgehead atoms. The summed E-state index contributed by atoms with van der Waals surface area (Å²) in [5.74, 6) is -0.479. The molecule has 0 radical (unpaired) electrons. The van der Waals surface area contributed by atoms with Crippen molar-refractivity contribution in [2.24, 2.45) is 0 Å². The molecular formula is C14H16N2O4. The number of amides is 2. The molecule has 0 spiro atoms. The molecule has 0 unspecified atom stereocenters. The van der Waals surface area contributed by atoms with Crippen LogP contribution in [0.2, 0.25) is 0 Å². The Kier molecular flexibility index (Phi) is 4.37. The number of rotatable bonds is 4. The highest BCUT2D eigenvalue weighted by Crippen LogP contribution is 2.22. The number of para-hydroxylation sites is 1. The van der Waals surface area contributed by atoms with E-state index in [2.05, 4.69) is 5.32 Å². The van der Waals surface area contributed by atoms with Gasteiger partial charge in [0.1, 0.15) is 0 Å². The Labute approximate surface area is 116 Å². The average Bonchev–Trinajstić information content (AvgIpc) is 2.81. The fourth-order valence-electron chi connectivity index (χ4n) is 2.10. The van der Waals surface area contributed by atoms with Gasteiger partial charge in [-0.05, 0) is 18.6 Å². The average molecular weight is 276 g/mol. The van der Waals surface area contributed by atoms with Gasteiger partial charge in [0.2, 0.25) is 0 Å². The van der Waals surface area contributed by atoms with Crippen molar-refractivity contribution in [1.29, 1.82) is 0 Å². The van der Waals surface area contributed by atoms with Crippen LogP contribution in [0.5, 0.6) is 0 Å². The van der Waals surface area contributed by atoms with Crippen molar-refractivity contribution in [3.63, 3.8) is 0 Å². The van der Waals surface area contributed by atoms with Crippen molar-refractivity contribution in [3.8, 4) is 0 Å². The van der Waals surface area contributed by atoms with E-state index >= 15 is 0 Å². The Morgan fingerprint density at radius 3 is 2.65 bits per heavy atom. The van der Waals surface area contributed by atoms with Crippen molar-refractivity contribution in [2.45, 2.75) is 6.42 Å². The summed E-state index contributed by atoms with van der Waals surface area (Å²) in [7, 11) is 1.53. The zero-order valence-corrected chi connectivity index (χ0v) is 11.1. The van der Waals surface area contributed by atoms with Gasteiger partial charge >= 0.3 is 6.09 Å². The predicted molar refractivity (Wildman–Crippen MR) is 73.3 cm³/mol. The zero-order chi connectivity index (χ0) is 14.5. The molecule has 1 fully saturated rings. The molecule has 0 aliphatic carbocycles. The molecule has 2 rings (SSSR count). The van der Waals surface area contributed by atoms with Gasteiger partial charge in [0.05, 0.1) is 12.3 Å². The zero-order valence-electron chi connectivity index (χ0n) is 11.1. The quantitative estimate of drug-likeness (QED) is 0.821. The largest absolute Gasteiger partial charge is 0.465 e. The lowest BCUT2D eigenvalue weighted by molar-refractivity contribution is -0.123. The van der Waals surface area contributed by atoms with Crippen LogP contribution in [0.25, 0.3) is 0 Å². The maximum absolute atomic E-state index is 12.0. The van der Waals surface area contributed by atoms with E-state index < -0.39 is 12.0 Å². The first-order valence-corrected chi connectivity index (χ1v) is 6.21. The highest BCUT2D eigenvalue weighted by atomic mass is 16.5. The number of anilines is 1. The number of nitrogens with zero attached hydrogens (tertiary/aromatic N) is 1. The normalized spacial score (nSPS) is 17.2. The van der Waals surface area contributed by atoms with Crippen molar-refractivity contribution >= 4 is 17.7 Å². The second-order valence-electron chi connectivity index (χ2n) is 4.37. The molecule has 1 aromatic rings. The van der Waals surface area contributed by atoms with Crippen LogP contribution in [-0.4, -0.2) is 42.3 Å². The number of methoxy groups -OCH3 is 1. The SMILES string of the molecule is COCC(Nc1ccccc1)=C1CCN(C(=O)O)C1=O. The number of ether oxygens (including phenoxy) is 1. The van der Waals surface area contributed by atoms with E-state index in [0.29, 0.717) is 17.7 Å². The van der Waals surface area contributed by atoms with E-state index in [9.17, 15) is 9.59 Å². The van der Waals surface area contributed by atoms with E-state index in [1.807, 2.05) is 30.3 Å². The molecule has 1 aliphatic heterocycles. The van der Waals surface area contributed by atoms with Gasteiger partial charge < -0.3 is 15.2 Å². The number of hydrogen-bond donors (Lipinski definition) is 2.